The molecule has 1 rings (SSSR count). The molecule has 3 nitrogen and oxygen atoms in total. The third-order valence-electron chi connectivity index (χ3n) is 2.88. The highest BCUT2D eigenvalue weighted by Crippen LogP contribution is 2.14. The topological polar surface area (TPSA) is 42.2 Å². The molecule has 0 unspecified atom stereocenters. The van der Waals surface area contributed by atoms with Crippen molar-refractivity contribution in [2.24, 2.45) is 5.73 Å². The number of aromatic nitrogens is 1. The molecule has 84 valence electrons. The fourth-order valence-electron chi connectivity index (χ4n) is 1.35. The first-order valence-electron chi connectivity index (χ1n) is 5.27. The molecule has 3 heteroatoms. The molecule has 2 N–H and O–H groups in total. The van der Waals surface area contributed by atoms with Gasteiger partial charge in [0.1, 0.15) is 0 Å². The van der Waals surface area contributed by atoms with Gasteiger partial charge in [0.25, 0.3) is 0 Å². The number of aryl methyl sites for hydroxylation is 1. The number of likely N-dealkylation sites (N-methyl/N-ethyl adjacent to an activating group) is 1. The molecule has 0 aliphatic heterocycles. The quantitative estimate of drug-likeness (QED) is 0.814. The number of rotatable bonds is 4. The van der Waals surface area contributed by atoms with E-state index in [9.17, 15) is 0 Å². The summed E-state index contributed by atoms with van der Waals surface area (Å²) in [6, 6.07) is 2.16. The summed E-state index contributed by atoms with van der Waals surface area (Å²) in [7, 11) is 2.09. The maximum Gasteiger partial charge on any atom is 0.0313 e. The van der Waals surface area contributed by atoms with Crippen molar-refractivity contribution in [1.82, 2.24) is 9.88 Å². The Bertz CT molecular complexity index is 320. The summed E-state index contributed by atoms with van der Waals surface area (Å²) in [6.07, 6.45) is 3.79. The van der Waals surface area contributed by atoms with Gasteiger partial charge in [-0.3, -0.25) is 9.88 Å². The first-order chi connectivity index (χ1) is 6.95. The van der Waals surface area contributed by atoms with Gasteiger partial charge in [0, 0.05) is 31.0 Å². The van der Waals surface area contributed by atoms with Crippen LogP contribution in [-0.4, -0.2) is 29.0 Å². The lowest BCUT2D eigenvalue weighted by Gasteiger charge is -2.34. The molecular formula is C12H21N3. The van der Waals surface area contributed by atoms with Crippen LogP contribution in [0.25, 0.3) is 0 Å². The zero-order chi connectivity index (χ0) is 11.5. The molecule has 1 aromatic heterocycles. The van der Waals surface area contributed by atoms with E-state index in [1.54, 1.807) is 0 Å². The summed E-state index contributed by atoms with van der Waals surface area (Å²) >= 11 is 0. The van der Waals surface area contributed by atoms with Crippen molar-refractivity contribution < 1.29 is 0 Å². The predicted molar refractivity (Wildman–Crippen MR) is 63.6 cm³/mol. The van der Waals surface area contributed by atoms with Crippen LogP contribution >= 0.6 is 0 Å². The zero-order valence-corrected chi connectivity index (χ0v) is 10.1. The summed E-state index contributed by atoms with van der Waals surface area (Å²) < 4.78 is 0. The van der Waals surface area contributed by atoms with E-state index >= 15 is 0 Å². The smallest absolute Gasteiger partial charge is 0.0313 e. The van der Waals surface area contributed by atoms with Crippen LogP contribution in [-0.2, 0) is 6.54 Å². The van der Waals surface area contributed by atoms with Gasteiger partial charge in [-0.25, -0.2) is 0 Å². The molecule has 0 fully saturated rings. The Kier molecular flexibility index (Phi) is 3.83. The van der Waals surface area contributed by atoms with Crippen molar-refractivity contribution >= 4 is 0 Å². The summed E-state index contributed by atoms with van der Waals surface area (Å²) in [5.41, 5.74) is 8.20. The number of hydrogen-bond donors (Lipinski definition) is 1. The lowest BCUT2D eigenvalue weighted by atomic mass is 10.0. The zero-order valence-electron chi connectivity index (χ0n) is 10.1. The molecule has 0 bridgehead atoms. The second-order valence-electron chi connectivity index (χ2n) is 4.74. The number of hydrogen-bond acceptors (Lipinski definition) is 3. The Morgan fingerprint density at radius 3 is 2.60 bits per heavy atom. The van der Waals surface area contributed by atoms with E-state index in [0.717, 1.165) is 6.54 Å². The number of nitrogens with two attached hydrogens (primary N) is 1. The predicted octanol–water partition coefficient (Wildman–Crippen LogP) is 1.56. The van der Waals surface area contributed by atoms with E-state index in [2.05, 4.69) is 43.8 Å². The van der Waals surface area contributed by atoms with Gasteiger partial charge >= 0.3 is 0 Å². The Labute approximate surface area is 92.3 Å². The highest BCUT2D eigenvalue weighted by Gasteiger charge is 2.21. The second kappa shape index (κ2) is 4.73. The van der Waals surface area contributed by atoms with Gasteiger partial charge in [0.05, 0.1) is 0 Å². The molecule has 0 atom stereocenters. The molecule has 0 aliphatic rings. The van der Waals surface area contributed by atoms with Crippen LogP contribution in [0.4, 0.5) is 0 Å². The standard InChI is InChI=1S/C12H21N3/c1-10-5-11(7-14-6-10)8-15(4)12(2,3)9-13/h5-7H,8-9,13H2,1-4H3. The van der Waals surface area contributed by atoms with Gasteiger partial charge in [-0.1, -0.05) is 6.07 Å². The molecule has 0 amide bonds. The van der Waals surface area contributed by atoms with E-state index < -0.39 is 0 Å². The normalized spacial score (nSPS) is 12.1. The van der Waals surface area contributed by atoms with Crippen LogP contribution in [0.2, 0.25) is 0 Å². The maximum absolute atomic E-state index is 5.73. The molecule has 0 aromatic carbocycles. The molecule has 1 heterocycles. The Morgan fingerprint density at radius 2 is 2.07 bits per heavy atom. The van der Waals surface area contributed by atoms with Crippen LogP contribution in [0.3, 0.4) is 0 Å². The first kappa shape index (κ1) is 12.1. The Hall–Kier alpha value is -0.930. The van der Waals surface area contributed by atoms with Crippen molar-refractivity contribution in [3.8, 4) is 0 Å². The minimum atomic E-state index is 0.0315. The molecule has 1 aromatic rings. The fourth-order valence-corrected chi connectivity index (χ4v) is 1.35. The highest BCUT2D eigenvalue weighted by molar-refractivity contribution is 5.16. The van der Waals surface area contributed by atoms with Crippen molar-refractivity contribution in [2.45, 2.75) is 32.9 Å². The van der Waals surface area contributed by atoms with E-state index in [0.29, 0.717) is 6.54 Å². The van der Waals surface area contributed by atoms with Gasteiger partial charge in [0.2, 0.25) is 0 Å². The highest BCUT2D eigenvalue weighted by atomic mass is 15.2. The SMILES string of the molecule is Cc1cncc(CN(C)C(C)(C)CN)c1. The third-order valence-corrected chi connectivity index (χ3v) is 2.88. The van der Waals surface area contributed by atoms with Crippen molar-refractivity contribution in [3.63, 3.8) is 0 Å². The van der Waals surface area contributed by atoms with Gasteiger partial charge in [-0.2, -0.15) is 0 Å². The first-order valence-corrected chi connectivity index (χ1v) is 5.27. The van der Waals surface area contributed by atoms with E-state index in [1.807, 2.05) is 12.4 Å². The molecule has 0 spiro atoms. The Morgan fingerprint density at radius 1 is 1.40 bits per heavy atom. The summed E-state index contributed by atoms with van der Waals surface area (Å²) in [4.78, 5) is 6.44. The van der Waals surface area contributed by atoms with Crippen molar-refractivity contribution in [1.29, 1.82) is 0 Å². The van der Waals surface area contributed by atoms with Gasteiger partial charge in [0.15, 0.2) is 0 Å². The third kappa shape index (κ3) is 3.29. The van der Waals surface area contributed by atoms with Gasteiger partial charge in [-0.15, -0.1) is 0 Å². The van der Waals surface area contributed by atoms with Crippen LogP contribution in [0.15, 0.2) is 18.5 Å². The average molecular weight is 207 g/mol. The lowest BCUT2D eigenvalue weighted by molar-refractivity contribution is 0.155. The number of nitrogens with zero attached hydrogens (tertiary/aromatic N) is 2. The van der Waals surface area contributed by atoms with Crippen LogP contribution in [0.5, 0.6) is 0 Å². The number of pyridine rings is 1. The minimum absolute atomic E-state index is 0.0315. The molecular weight excluding hydrogens is 186 g/mol. The lowest BCUT2D eigenvalue weighted by Crippen LogP contribution is -2.46. The molecule has 15 heavy (non-hydrogen) atoms. The summed E-state index contributed by atoms with van der Waals surface area (Å²) in [5.74, 6) is 0. The average Bonchev–Trinajstić information content (AvgIpc) is 2.17. The van der Waals surface area contributed by atoms with Crippen molar-refractivity contribution in [3.05, 3.63) is 29.6 Å². The van der Waals surface area contributed by atoms with Crippen molar-refractivity contribution in [2.75, 3.05) is 13.6 Å². The van der Waals surface area contributed by atoms with E-state index in [1.165, 1.54) is 11.1 Å². The van der Waals surface area contributed by atoms with Gasteiger partial charge < -0.3 is 5.73 Å². The summed E-state index contributed by atoms with van der Waals surface area (Å²) in [5, 5.41) is 0. The van der Waals surface area contributed by atoms with Gasteiger partial charge in [-0.05, 0) is 38.9 Å². The van der Waals surface area contributed by atoms with E-state index in [4.69, 9.17) is 5.73 Å². The fraction of sp³-hybridized carbons (Fsp3) is 0.583. The summed E-state index contributed by atoms with van der Waals surface area (Å²) in [6.45, 7) is 7.90. The Balaban J connectivity index is 2.70. The molecule has 0 saturated heterocycles. The second-order valence-corrected chi connectivity index (χ2v) is 4.74. The monoisotopic (exact) mass is 207 g/mol. The minimum Gasteiger partial charge on any atom is -0.329 e. The maximum atomic E-state index is 5.73. The molecule has 0 saturated carbocycles. The molecule has 0 radical (unpaired) electrons. The molecule has 0 aliphatic carbocycles. The van der Waals surface area contributed by atoms with Crippen LogP contribution in [0.1, 0.15) is 25.0 Å². The van der Waals surface area contributed by atoms with Crippen LogP contribution in [0, 0.1) is 6.92 Å². The van der Waals surface area contributed by atoms with Crippen LogP contribution < -0.4 is 5.73 Å². The van der Waals surface area contributed by atoms with E-state index in [-0.39, 0.29) is 5.54 Å². The largest absolute Gasteiger partial charge is 0.329 e.